The van der Waals surface area contributed by atoms with Crippen LogP contribution in [0.4, 0.5) is 15.8 Å². The van der Waals surface area contributed by atoms with Gasteiger partial charge >= 0.3 is 0 Å². The topological polar surface area (TPSA) is 73.0 Å². The molecule has 0 spiro atoms. The molecule has 1 amide bonds. The van der Waals surface area contributed by atoms with Crippen molar-refractivity contribution < 1.29 is 17.6 Å². The first kappa shape index (κ1) is 25.1. The average molecular weight is 553 g/mol. The molecule has 34 heavy (non-hydrogen) atoms. The van der Waals surface area contributed by atoms with Gasteiger partial charge in [-0.1, -0.05) is 12.1 Å². The largest absolute Gasteiger partial charge is 0.367 e. The molecule has 184 valence electrons. The van der Waals surface area contributed by atoms with Crippen molar-refractivity contribution in [2.45, 2.75) is 37.6 Å². The Morgan fingerprint density at radius 3 is 2.53 bits per heavy atom. The van der Waals surface area contributed by atoms with Gasteiger partial charge in [0.2, 0.25) is 15.9 Å². The third-order valence-corrected chi connectivity index (χ3v) is 8.91. The van der Waals surface area contributed by atoms with Crippen LogP contribution in [-0.4, -0.2) is 64.5 Å². The van der Waals surface area contributed by atoms with Crippen LogP contribution in [0.15, 0.2) is 45.8 Å². The Kier molecular flexibility index (Phi) is 7.61. The molecule has 2 aromatic carbocycles. The van der Waals surface area contributed by atoms with E-state index in [9.17, 15) is 17.6 Å². The molecule has 2 heterocycles. The van der Waals surface area contributed by atoms with Gasteiger partial charge in [-0.3, -0.25) is 9.69 Å². The molecule has 1 N–H and O–H groups in total. The van der Waals surface area contributed by atoms with Crippen LogP contribution in [0.3, 0.4) is 0 Å². The Morgan fingerprint density at radius 1 is 1.15 bits per heavy atom. The SMILES string of the molecule is CC(=O)N1c2cc(S(=O)(=O)NCCCN3CCN(c4ccccc4F)CC3)c(Br)cc2C[C@H]1C. The number of anilines is 2. The molecule has 1 saturated heterocycles. The zero-order valence-corrected chi connectivity index (χ0v) is 21.8. The summed E-state index contributed by atoms with van der Waals surface area (Å²) in [4.78, 5) is 18.2. The first-order chi connectivity index (χ1) is 16.2. The van der Waals surface area contributed by atoms with Crippen molar-refractivity contribution in [2.75, 3.05) is 49.1 Å². The molecular formula is C24H30BrFN4O3S. The summed E-state index contributed by atoms with van der Waals surface area (Å²) in [6.45, 7) is 7.60. The Balaban J connectivity index is 1.30. The number of rotatable bonds is 7. The third-order valence-electron chi connectivity index (χ3n) is 6.49. The summed E-state index contributed by atoms with van der Waals surface area (Å²) in [5.41, 5.74) is 2.26. The summed E-state index contributed by atoms with van der Waals surface area (Å²) in [6, 6.07) is 10.2. The summed E-state index contributed by atoms with van der Waals surface area (Å²) >= 11 is 3.40. The van der Waals surface area contributed by atoms with Gasteiger partial charge in [0.25, 0.3) is 0 Å². The number of piperazine rings is 1. The normalized spacial score (nSPS) is 18.9. The number of carbonyl (C=O) groups is 1. The molecule has 10 heteroatoms. The minimum Gasteiger partial charge on any atom is -0.367 e. The molecule has 0 radical (unpaired) electrons. The fraction of sp³-hybridized carbons (Fsp3) is 0.458. The molecule has 0 unspecified atom stereocenters. The van der Waals surface area contributed by atoms with Gasteiger partial charge in [-0.25, -0.2) is 17.5 Å². The Morgan fingerprint density at radius 2 is 1.85 bits per heavy atom. The summed E-state index contributed by atoms with van der Waals surface area (Å²) in [6.07, 6.45) is 1.36. The summed E-state index contributed by atoms with van der Waals surface area (Å²) in [7, 11) is -3.73. The molecule has 1 atom stereocenters. The van der Waals surface area contributed by atoms with Gasteiger partial charge in [0.1, 0.15) is 5.82 Å². The van der Waals surface area contributed by atoms with Crippen LogP contribution < -0.4 is 14.5 Å². The van der Waals surface area contributed by atoms with Crippen LogP contribution in [0.5, 0.6) is 0 Å². The highest BCUT2D eigenvalue weighted by molar-refractivity contribution is 9.10. The number of nitrogens with one attached hydrogen (secondary N) is 1. The molecule has 2 aromatic rings. The fourth-order valence-corrected chi connectivity index (χ4v) is 6.99. The predicted molar refractivity (Wildman–Crippen MR) is 135 cm³/mol. The highest BCUT2D eigenvalue weighted by atomic mass is 79.9. The maximum Gasteiger partial charge on any atom is 0.241 e. The highest BCUT2D eigenvalue weighted by Gasteiger charge is 2.32. The van der Waals surface area contributed by atoms with E-state index in [4.69, 9.17) is 0 Å². The van der Waals surface area contributed by atoms with Crippen LogP contribution in [0, 0.1) is 5.82 Å². The lowest BCUT2D eigenvalue weighted by molar-refractivity contribution is -0.116. The number of sulfonamides is 1. The smallest absolute Gasteiger partial charge is 0.241 e. The van der Waals surface area contributed by atoms with Crippen molar-refractivity contribution in [2.24, 2.45) is 0 Å². The second-order valence-electron chi connectivity index (χ2n) is 8.88. The minimum atomic E-state index is -3.73. The molecule has 4 rings (SSSR count). The van der Waals surface area contributed by atoms with Gasteiger partial charge in [-0.05, 0) is 72.1 Å². The van der Waals surface area contributed by atoms with Crippen LogP contribution in [-0.2, 0) is 21.2 Å². The minimum absolute atomic E-state index is 0.00386. The second kappa shape index (κ2) is 10.3. The predicted octanol–water partition coefficient (Wildman–Crippen LogP) is 3.38. The number of fused-ring (bicyclic) bond motifs is 1. The summed E-state index contributed by atoms with van der Waals surface area (Å²) in [5.74, 6) is -0.302. The molecular weight excluding hydrogens is 523 g/mol. The van der Waals surface area contributed by atoms with Crippen molar-refractivity contribution >= 4 is 43.2 Å². The molecule has 0 aliphatic carbocycles. The molecule has 0 bridgehead atoms. The van der Waals surface area contributed by atoms with Crippen molar-refractivity contribution in [3.05, 3.63) is 52.3 Å². The van der Waals surface area contributed by atoms with E-state index in [2.05, 4.69) is 25.6 Å². The van der Waals surface area contributed by atoms with Crippen molar-refractivity contribution in [3.63, 3.8) is 0 Å². The van der Waals surface area contributed by atoms with Gasteiger partial charge in [0.05, 0.1) is 10.6 Å². The maximum atomic E-state index is 14.0. The van der Waals surface area contributed by atoms with Gasteiger partial charge in [-0.15, -0.1) is 0 Å². The van der Waals surface area contributed by atoms with Crippen molar-refractivity contribution in [1.29, 1.82) is 0 Å². The van der Waals surface area contributed by atoms with Gasteiger partial charge in [0.15, 0.2) is 0 Å². The number of para-hydroxylation sites is 1. The first-order valence-electron chi connectivity index (χ1n) is 11.5. The molecule has 0 aromatic heterocycles. The van der Waals surface area contributed by atoms with E-state index >= 15 is 0 Å². The summed E-state index contributed by atoms with van der Waals surface area (Å²) < 4.78 is 43.2. The second-order valence-corrected chi connectivity index (χ2v) is 11.5. The molecule has 2 aliphatic rings. The Labute approximate surface area is 209 Å². The quantitative estimate of drug-likeness (QED) is 0.533. The lowest BCUT2D eigenvalue weighted by atomic mass is 10.1. The lowest BCUT2D eigenvalue weighted by Crippen LogP contribution is -2.47. The highest BCUT2D eigenvalue weighted by Crippen LogP contribution is 2.37. The van der Waals surface area contributed by atoms with E-state index in [0.717, 1.165) is 38.3 Å². The lowest BCUT2D eigenvalue weighted by Gasteiger charge is -2.36. The number of amides is 1. The fourth-order valence-electron chi connectivity index (χ4n) is 4.81. The Hall–Kier alpha value is -2.01. The van der Waals surface area contributed by atoms with Crippen LogP contribution in [0.2, 0.25) is 0 Å². The van der Waals surface area contributed by atoms with Crippen LogP contribution in [0.1, 0.15) is 25.8 Å². The number of hydrogen-bond acceptors (Lipinski definition) is 5. The number of carbonyl (C=O) groups excluding carboxylic acids is 1. The zero-order chi connectivity index (χ0) is 24.5. The van der Waals surface area contributed by atoms with Gasteiger partial charge < -0.3 is 9.80 Å². The summed E-state index contributed by atoms with van der Waals surface area (Å²) in [5, 5.41) is 0. The van der Waals surface area contributed by atoms with Crippen LogP contribution >= 0.6 is 15.9 Å². The number of nitrogens with zero attached hydrogens (tertiary/aromatic N) is 3. The number of hydrogen-bond donors (Lipinski definition) is 1. The standard InChI is InChI=1S/C24H30BrFN4O3S/c1-17-14-19-15-20(25)24(16-23(19)30(17)18(2)31)34(32,33)27-8-5-9-28-10-12-29(13-11-28)22-7-4-3-6-21(22)26/h3-4,6-7,15-17,27H,5,8-14H2,1-2H3/t17-/m1/s1. The first-order valence-corrected chi connectivity index (χ1v) is 13.8. The van der Waals surface area contributed by atoms with E-state index in [1.807, 2.05) is 17.9 Å². The van der Waals surface area contributed by atoms with E-state index in [1.165, 1.54) is 13.0 Å². The molecule has 2 aliphatic heterocycles. The molecule has 7 nitrogen and oxygen atoms in total. The molecule has 0 saturated carbocycles. The van der Waals surface area contributed by atoms with E-state index in [0.29, 0.717) is 35.2 Å². The molecule has 1 fully saturated rings. The zero-order valence-electron chi connectivity index (χ0n) is 19.4. The van der Waals surface area contributed by atoms with E-state index in [1.54, 1.807) is 29.2 Å². The maximum absolute atomic E-state index is 14.0. The van der Waals surface area contributed by atoms with E-state index in [-0.39, 0.29) is 22.7 Å². The monoisotopic (exact) mass is 552 g/mol. The van der Waals surface area contributed by atoms with Crippen molar-refractivity contribution in [1.82, 2.24) is 9.62 Å². The van der Waals surface area contributed by atoms with Crippen LogP contribution in [0.25, 0.3) is 0 Å². The van der Waals surface area contributed by atoms with Gasteiger partial charge in [0, 0.05) is 55.8 Å². The van der Waals surface area contributed by atoms with Gasteiger partial charge in [-0.2, -0.15) is 0 Å². The average Bonchev–Trinajstić information content (AvgIpc) is 3.11. The Bertz CT molecular complexity index is 1170. The number of halogens is 2. The van der Waals surface area contributed by atoms with Crippen molar-refractivity contribution in [3.8, 4) is 0 Å². The number of benzene rings is 2. The third kappa shape index (κ3) is 5.30. The van der Waals surface area contributed by atoms with E-state index < -0.39 is 10.0 Å².